The number of rotatable bonds is 2. The maximum Gasteiger partial charge on any atom is 0.289 e. The molecule has 1 aromatic heterocycles. The van der Waals surface area contributed by atoms with Gasteiger partial charge in [0.15, 0.2) is 5.82 Å². The quantitative estimate of drug-likeness (QED) is 0.865. The van der Waals surface area contributed by atoms with Crippen molar-refractivity contribution in [2.45, 2.75) is 24.9 Å². The molecule has 0 bridgehead atoms. The number of para-hydroxylation sites is 1. The van der Waals surface area contributed by atoms with E-state index in [2.05, 4.69) is 14.9 Å². The smallest absolute Gasteiger partial charge is 0.289 e. The largest absolute Gasteiger partial charge is 0.378 e. The lowest BCUT2D eigenvalue weighted by Crippen LogP contribution is -2.63. The van der Waals surface area contributed by atoms with Gasteiger partial charge in [0.1, 0.15) is 0 Å². The topological polar surface area (TPSA) is 78.5 Å². The number of nitrogens with zero attached hydrogens (tertiary/aromatic N) is 3. The lowest BCUT2D eigenvalue weighted by molar-refractivity contribution is -0.0817. The Kier molecular flexibility index (Phi) is 3.79. The summed E-state index contributed by atoms with van der Waals surface area (Å²) in [5.74, 6) is 0.678. The van der Waals surface area contributed by atoms with Crippen molar-refractivity contribution in [3.05, 3.63) is 40.4 Å². The first-order valence-corrected chi connectivity index (χ1v) is 9.32. The van der Waals surface area contributed by atoms with Gasteiger partial charge in [-0.2, -0.15) is 0 Å². The molecule has 3 heterocycles. The van der Waals surface area contributed by atoms with Crippen LogP contribution in [0.5, 0.6) is 0 Å². The molecule has 1 N–H and O–H groups in total. The van der Waals surface area contributed by atoms with Crippen LogP contribution < -0.4 is 5.56 Å². The molecule has 0 radical (unpaired) electrons. The molecule has 136 valence electrons. The molecule has 7 nitrogen and oxygen atoms in total. The van der Waals surface area contributed by atoms with E-state index in [1.807, 2.05) is 6.07 Å². The molecule has 1 aromatic carbocycles. The third kappa shape index (κ3) is 2.71. The maximum absolute atomic E-state index is 12.9. The molecule has 2 saturated heterocycles. The van der Waals surface area contributed by atoms with Crippen LogP contribution in [0.3, 0.4) is 0 Å². The number of carbonyl (C=O) groups is 1. The number of amides is 1. The molecular formula is C19H22N4O3. The molecule has 0 unspecified atom stereocenters. The Morgan fingerprint density at radius 2 is 2.04 bits per heavy atom. The number of fused-ring (bicyclic) bond motifs is 2. The number of hydrogen-bond acceptors (Lipinski definition) is 5. The fraction of sp³-hybridized carbons (Fsp3) is 0.526. The summed E-state index contributed by atoms with van der Waals surface area (Å²) in [6, 6.07) is 7.82. The van der Waals surface area contributed by atoms with Gasteiger partial charge in [-0.15, -0.1) is 0 Å². The fourth-order valence-corrected chi connectivity index (χ4v) is 4.28. The van der Waals surface area contributed by atoms with Crippen LogP contribution >= 0.6 is 0 Å². The van der Waals surface area contributed by atoms with Crippen LogP contribution in [-0.4, -0.2) is 70.6 Å². The van der Waals surface area contributed by atoms with Gasteiger partial charge in [0, 0.05) is 25.7 Å². The van der Waals surface area contributed by atoms with Gasteiger partial charge in [-0.25, -0.2) is 4.98 Å². The molecular weight excluding hydrogens is 332 g/mol. The van der Waals surface area contributed by atoms with Gasteiger partial charge in [0.05, 0.1) is 30.2 Å². The molecule has 2 atom stereocenters. The molecule has 5 rings (SSSR count). The average molecular weight is 354 g/mol. The Bertz CT molecular complexity index is 907. The van der Waals surface area contributed by atoms with Crippen molar-refractivity contribution in [2.75, 3.05) is 32.8 Å². The third-order valence-corrected chi connectivity index (χ3v) is 5.82. The standard InChI is InChI=1S/C19H22N4O3/c24-18-14-3-1-2-4-15(14)20-17(21-18)19(25)22-7-8-23-13(9-22)10-26-11-16(23)12-5-6-12/h1-4,12-13,16H,5-11H2,(H,20,21,24)/t13-,16-/m1/s1. The van der Waals surface area contributed by atoms with E-state index >= 15 is 0 Å². The Labute approximate surface area is 151 Å². The highest BCUT2D eigenvalue weighted by atomic mass is 16.5. The third-order valence-electron chi connectivity index (χ3n) is 5.82. The molecule has 26 heavy (non-hydrogen) atoms. The SMILES string of the molecule is O=C(c1nc2ccccc2c(=O)[nH]1)N1CCN2[C@@H](COC[C@@H]2C2CC2)C1. The van der Waals surface area contributed by atoms with Gasteiger partial charge in [-0.05, 0) is 30.9 Å². The van der Waals surface area contributed by atoms with Crippen molar-refractivity contribution in [3.8, 4) is 0 Å². The lowest BCUT2D eigenvalue weighted by atomic mass is 10.0. The zero-order valence-corrected chi connectivity index (χ0v) is 14.6. The fourth-order valence-electron chi connectivity index (χ4n) is 4.28. The first kappa shape index (κ1) is 16.0. The van der Waals surface area contributed by atoms with Crippen LogP contribution in [0.25, 0.3) is 10.9 Å². The minimum absolute atomic E-state index is 0.123. The molecule has 3 fully saturated rings. The van der Waals surface area contributed by atoms with Crippen LogP contribution in [0.15, 0.2) is 29.1 Å². The van der Waals surface area contributed by atoms with E-state index in [9.17, 15) is 9.59 Å². The van der Waals surface area contributed by atoms with Crippen molar-refractivity contribution >= 4 is 16.8 Å². The monoisotopic (exact) mass is 354 g/mol. The minimum atomic E-state index is -0.271. The summed E-state index contributed by atoms with van der Waals surface area (Å²) in [6.45, 7) is 3.62. The lowest BCUT2D eigenvalue weighted by Gasteiger charge is -2.48. The van der Waals surface area contributed by atoms with Crippen LogP contribution in [0.2, 0.25) is 0 Å². The van der Waals surface area contributed by atoms with Gasteiger partial charge in [0.2, 0.25) is 0 Å². The van der Waals surface area contributed by atoms with Crippen LogP contribution in [0, 0.1) is 5.92 Å². The van der Waals surface area contributed by atoms with E-state index in [-0.39, 0.29) is 23.3 Å². The zero-order chi connectivity index (χ0) is 17.7. The Morgan fingerprint density at radius 3 is 2.88 bits per heavy atom. The second-order valence-electron chi connectivity index (χ2n) is 7.52. The van der Waals surface area contributed by atoms with E-state index in [0.717, 1.165) is 19.1 Å². The van der Waals surface area contributed by atoms with E-state index in [1.165, 1.54) is 12.8 Å². The second-order valence-corrected chi connectivity index (χ2v) is 7.52. The number of hydrogen-bond donors (Lipinski definition) is 1. The van der Waals surface area contributed by atoms with Crippen LogP contribution in [0.4, 0.5) is 0 Å². The summed E-state index contributed by atoms with van der Waals surface area (Å²) in [7, 11) is 0. The number of H-pyrrole nitrogens is 1. The first-order chi connectivity index (χ1) is 12.7. The van der Waals surface area contributed by atoms with Crippen molar-refractivity contribution < 1.29 is 9.53 Å². The number of piperazine rings is 1. The molecule has 2 aromatic rings. The first-order valence-electron chi connectivity index (χ1n) is 9.32. The average Bonchev–Trinajstić information content (AvgIpc) is 3.51. The summed E-state index contributed by atoms with van der Waals surface area (Å²) in [4.78, 5) is 36.5. The van der Waals surface area contributed by atoms with Gasteiger partial charge in [0.25, 0.3) is 11.5 Å². The van der Waals surface area contributed by atoms with Gasteiger partial charge >= 0.3 is 0 Å². The summed E-state index contributed by atoms with van der Waals surface area (Å²) < 4.78 is 5.81. The zero-order valence-electron chi connectivity index (χ0n) is 14.6. The Balaban J connectivity index is 1.37. The number of aromatic nitrogens is 2. The summed E-state index contributed by atoms with van der Waals surface area (Å²) in [5.41, 5.74) is 0.278. The van der Waals surface area contributed by atoms with Crippen molar-refractivity contribution in [2.24, 2.45) is 5.92 Å². The molecule has 2 aliphatic heterocycles. The minimum Gasteiger partial charge on any atom is -0.378 e. The van der Waals surface area contributed by atoms with Crippen molar-refractivity contribution in [3.63, 3.8) is 0 Å². The molecule has 1 amide bonds. The number of ether oxygens (including phenoxy) is 1. The second kappa shape index (κ2) is 6.17. The van der Waals surface area contributed by atoms with E-state index in [4.69, 9.17) is 4.74 Å². The molecule has 3 aliphatic rings. The highest BCUT2D eigenvalue weighted by Gasteiger charge is 2.43. The highest BCUT2D eigenvalue weighted by molar-refractivity contribution is 5.92. The van der Waals surface area contributed by atoms with Gasteiger partial charge in [-0.3, -0.25) is 14.5 Å². The van der Waals surface area contributed by atoms with Crippen LogP contribution in [-0.2, 0) is 4.74 Å². The summed E-state index contributed by atoms with van der Waals surface area (Å²) >= 11 is 0. The number of benzene rings is 1. The van der Waals surface area contributed by atoms with E-state index in [1.54, 1.807) is 23.1 Å². The van der Waals surface area contributed by atoms with Crippen molar-refractivity contribution in [1.29, 1.82) is 0 Å². The molecule has 0 spiro atoms. The highest BCUT2D eigenvalue weighted by Crippen LogP contribution is 2.38. The predicted octanol–water partition coefficient (Wildman–Crippen LogP) is 0.858. The summed E-state index contributed by atoms with van der Waals surface area (Å²) in [5, 5.41) is 0.502. The predicted molar refractivity (Wildman–Crippen MR) is 96.1 cm³/mol. The molecule has 1 saturated carbocycles. The molecule has 1 aliphatic carbocycles. The number of carbonyl (C=O) groups excluding carboxylic acids is 1. The number of morpholine rings is 1. The number of nitrogens with one attached hydrogen (secondary N) is 1. The number of aromatic amines is 1. The maximum atomic E-state index is 12.9. The Morgan fingerprint density at radius 1 is 1.19 bits per heavy atom. The van der Waals surface area contributed by atoms with E-state index in [0.29, 0.717) is 36.6 Å². The molecule has 7 heteroatoms. The van der Waals surface area contributed by atoms with Crippen molar-refractivity contribution in [1.82, 2.24) is 19.8 Å². The normalized spacial score (nSPS) is 26.7. The van der Waals surface area contributed by atoms with E-state index < -0.39 is 0 Å². The van der Waals surface area contributed by atoms with Gasteiger partial charge < -0.3 is 14.6 Å². The van der Waals surface area contributed by atoms with Crippen LogP contribution in [0.1, 0.15) is 23.5 Å². The Hall–Kier alpha value is -2.25. The summed E-state index contributed by atoms with van der Waals surface area (Å²) in [6.07, 6.45) is 2.59. The van der Waals surface area contributed by atoms with Gasteiger partial charge in [-0.1, -0.05) is 12.1 Å².